The number of nitrogens with zero attached hydrogens (tertiary/aromatic N) is 2. The number of nitrogens with one attached hydrogen (secondary N) is 1. The molecule has 1 saturated heterocycles. The van der Waals surface area contributed by atoms with E-state index in [-0.39, 0.29) is 5.97 Å². The summed E-state index contributed by atoms with van der Waals surface area (Å²) in [6.07, 6.45) is 0.789. The van der Waals surface area contributed by atoms with E-state index in [2.05, 4.69) is 22.2 Å². The lowest BCUT2D eigenvalue weighted by molar-refractivity contribution is -0.148. The van der Waals surface area contributed by atoms with Gasteiger partial charge in [-0.05, 0) is 26.9 Å². The first-order valence-electron chi connectivity index (χ1n) is 6.76. The summed E-state index contributed by atoms with van der Waals surface area (Å²) in [6, 6.07) is 0. The minimum atomic E-state index is -0.563. The number of likely N-dealkylation sites (N-methyl/N-ethyl adjacent to an activating group) is 2. The van der Waals surface area contributed by atoms with Crippen molar-refractivity contribution in [1.82, 2.24) is 15.1 Å². The van der Waals surface area contributed by atoms with E-state index < -0.39 is 5.54 Å². The molecule has 1 unspecified atom stereocenters. The van der Waals surface area contributed by atoms with Gasteiger partial charge in [0.1, 0.15) is 5.54 Å². The Kier molecular flexibility index (Phi) is 6.05. The van der Waals surface area contributed by atoms with Crippen LogP contribution in [0.15, 0.2) is 0 Å². The number of methoxy groups -OCH3 is 1. The van der Waals surface area contributed by atoms with Crippen molar-refractivity contribution in [2.75, 3.05) is 53.4 Å². The fourth-order valence-corrected chi connectivity index (χ4v) is 2.33. The van der Waals surface area contributed by atoms with Gasteiger partial charge >= 0.3 is 5.97 Å². The number of hydrogen-bond acceptors (Lipinski definition) is 5. The van der Waals surface area contributed by atoms with Crippen molar-refractivity contribution in [2.24, 2.45) is 0 Å². The quantitative estimate of drug-likeness (QED) is 0.687. The van der Waals surface area contributed by atoms with Crippen molar-refractivity contribution < 1.29 is 9.53 Å². The minimum absolute atomic E-state index is 0.168. The molecular weight excluding hydrogens is 230 g/mol. The molecule has 0 aromatic rings. The van der Waals surface area contributed by atoms with Crippen molar-refractivity contribution in [2.45, 2.75) is 25.8 Å². The second-order valence-electron chi connectivity index (χ2n) is 5.25. The summed E-state index contributed by atoms with van der Waals surface area (Å²) < 4.78 is 4.90. The number of piperazine rings is 1. The molecule has 1 rings (SSSR count). The summed E-state index contributed by atoms with van der Waals surface area (Å²) in [5.41, 5.74) is -0.563. The van der Waals surface area contributed by atoms with E-state index in [4.69, 9.17) is 4.74 Å². The van der Waals surface area contributed by atoms with E-state index >= 15 is 0 Å². The van der Waals surface area contributed by atoms with Gasteiger partial charge in [-0.15, -0.1) is 0 Å². The summed E-state index contributed by atoms with van der Waals surface area (Å²) in [6.45, 7) is 10.0. The maximum Gasteiger partial charge on any atom is 0.325 e. The predicted octanol–water partition coefficient (Wildman–Crippen LogP) is 0.165. The lowest BCUT2D eigenvalue weighted by Crippen LogP contribution is -2.53. The Labute approximate surface area is 110 Å². The molecule has 0 aromatic carbocycles. The Balaban J connectivity index is 2.44. The van der Waals surface area contributed by atoms with E-state index in [0.717, 1.165) is 45.7 Å². The minimum Gasteiger partial charge on any atom is -0.468 e. The van der Waals surface area contributed by atoms with Gasteiger partial charge in [-0.25, -0.2) is 0 Å². The number of ether oxygens (including phenoxy) is 1. The SMILES string of the molecule is CCNC(C)(CCN1CCN(C)CC1)C(=O)OC. The third kappa shape index (κ3) is 4.23. The number of carbonyl (C=O) groups excluding carboxylic acids is 1. The van der Waals surface area contributed by atoms with E-state index in [1.807, 2.05) is 13.8 Å². The van der Waals surface area contributed by atoms with Crippen molar-refractivity contribution in [3.05, 3.63) is 0 Å². The summed E-state index contributed by atoms with van der Waals surface area (Å²) in [7, 11) is 3.60. The molecule has 1 aliphatic rings. The van der Waals surface area contributed by atoms with Crippen LogP contribution >= 0.6 is 0 Å². The van der Waals surface area contributed by atoms with Gasteiger partial charge in [0.25, 0.3) is 0 Å². The molecule has 1 N–H and O–H groups in total. The molecule has 5 heteroatoms. The normalized spacial score (nSPS) is 21.6. The van der Waals surface area contributed by atoms with Gasteiger partial charge in [0, 0.05) is 32.7 Å². The molecule has 1 fully saturated rings. The summed E-state index contributed by atoms with van der Waals surface area (Å²) in [5.74, 6) is -0.168. The van der Waals surface area contributed by atoms with Crippen LogP contribution < -0.4 is 5.32 Å². The van der Waals surface area contributed by atoms with Crippen LogP contribution in [0, 0.1) is 0 Å². The fourth-order valence-electron chi connectivity index (χ4n) is 2.33. The van der Waals surface area contributed by atoms with E-state index in [1.54, 1.807) is 0 Å². The zero-order valence-electron chi connectivity index (χ0n) is 12.2. The van der Waals surface area contributed by atoms with Gasteiger partial charge in [-0.2, -0.15) is 0 Å². The van der Waals surface area contributed by atoms with Crippen LogP contribution in [-0.4, -0.2) is 74.7 Å². The van der Waals surface area contributed by atoms with Gasteiger partial charge in [0.2, 0.25) is 0 Å². The fraction of sp³-hybridized carbons (Fsp3) is 0.923. The molecule has 1 heterocycles. The standard InChI is InChI=1S/C13H27N3O2/c1-5-14-13(2,12(17)18-4)6-7-16-10-8-15(3)9-11-16/h14H,5-11H2,1-4H3. The third-order valence-electron chi connectivity index (χ3n) is 3.73. The topological polar surface area (TPSA) is 44.8 Å². The average molecular weight is 257 g/mol. The Morgan fingerprint density at radius 2 is 1.94 bits per heavy atom. The third-order valence-corrected chi connectivity index (χ3v) is 3.73. The van der Waals surface area contributed by atoms with Crippen LogP contribution in [0.25, 0.3) is 0 Å². The molecule has 0 amide bonds. The highest BCUT2D eigenvalue weighted by atomic mass is 16.5. The Morgan fingerprint density at radius 3 is 2.44 bits per heavy atom. The highest BCUT2D eigenvalue weighted by molar-refractivity contribution is 5.80. The second kappa shape index (κ2) is 7.07. The Morgan fingerprint density at radius 1 is 1.33 bits per heavy atom. The second-order valence-corrected chi connectivity index (χ2v) is 5.25. The van der Waals surface area contributed by atoms with Crippen molar-refractivity contribution in [1.29, 1.82) is 0 Å². The smallest absolute Gasteiger partial charge is 0.325 e. The molecule has 0 aliphatic carbocycles. The molecule has 0 spiro atoms. The monoisotopic (exact) mass is 257 g/mol. The van der Waals surface area contributed by atoms with Gasteiger partial charge in [0.15, 0.2) is 0 Å². The molecule has 1 atom stereocenters. The molecule has 5 nitrogen and oxygen atoms in total. The first-order chi connectivity index (χ1) is 8.51. The van der Waals surface area contributed by atoms with E-state index in [0.29, 0.717) is 0 Å². The maximum absolute atomic E-state index is 11.8. The van der Waals surface area contributed by atoms with Crippen molar-refractivity contribution in [3.63, 3.8) is 0 Å². The van der Waals surface area contributed by atoms with Crippen LogP contribution in [0.4, 0.5) is 0 Å². The van der Waals surface area contributed by atoms with Crippen molar-refractivity contribution in [3.8, 4) is 0 Å². The van der Waals surface area contributed by atoms with E-state index in [9.17, 15) is 4.79 Å². The zero-order chi connectivity index (χ0) is 13.6. The lowest BCUT2D eigenvalue weighted by Gasteiger charge is -2.35. The molecule has 106 valence electrons. The van der Waals surface area contributed by atoms with Crippen LogP contribution in [0.1, 0.15) is 20.3 Å². The first-order valence-corrected chi connectivity index (χ1v) is 6.76. The van der Waals surface area contributed by atoms with Crippen molar-refractivity contribution >= 4 is 5.97 Å². The summed E-state index contributed by atoms with van der Waals surface area (Å²) in [5, 5.41) is 3.25. The number of rotatable bonds is 6. The van der Waals surface area contributed by atoms with E-state index in [1.165, 1.54) is 7.11 Å². The van der Waals surface area contributed by atoms with Crippen LogP contribution in [0.2, 0.25) is 0 Å². The predicted molar refractivity (Wildman–Crippen MR) is 72.7 cm³/mol. The first kappa shape index (κ1) is 15.4. The van der Waals surface area contributed by atoms with Gasteiger partial charge in [0.05, 0.1) is 7.11 Å². The highest BCUT2D eigenvalue weighted by Crippen LogP contribution is 2.13. The Hall–Kier alpha value is -0.650. The summed E-state index contributed by atoms with van der Waals surface area (Å²) in [4.78, 5) is 16.6. The molecule has 0 bridgehead atoms. The number of carbonyl (C=O) groups is 1. The molecule has 0 radical (unpaired) electrons. The highest BCUT2D eigenvalue weighted by Gasteiger charge is 2.33. The molecule has 1 aliphatic heterocycles. The molecule has 18 heavy (non-hydrogen) atoms. The Bertz CT molecular complexity index is 265. The van der Waals surface area contributed by atoms with Gasteiger partial charge in [-0.1, -0.05) is 6.92 Å². The number of esters is 1. The molecule has 0 saturated carbocycles. The maximum atomic E-state index is 11.8. The van der Waals surface area contributed by atoms with Crippen LogP contribution in [0.3, 0.4) is 0 Å². The molecule has 0 aromatic heterocycles. The van der Waals surface area contributed by atoms with Gasteiger partial charge in [-0.3, -0.25) is 4.79 Å². The van der Waals surface area contributed by atoms with Gasteiger partial charge < -0.3 is 19.9 Å². The lowest BCUT2D eigenvalue weighted by atomic mass is 9.97. The zero-order valence-corrected chi connectivity index (χ0v) is 12.2. The number of hydrogen-bond donors (Lipinski definition) is 1. The van der Waals surface area contributed by atoms with Crippen LogP contribution in [0.5, 0.6) is 0 Å². The summed E-state index contributed by atoms with van der Waals surface area (Å²) >= 11 is 0. The van der Waals surface area contributed by atoms with Crippen LogP contribution in [-0.2, 0) is 9.53 Å². The largest absolute Gasteiger partial charge is 0.468 e. The average Bonchev–Trinajstić information content (AvgIpc) is 2.37. The molecular formula is C13H27N3O2.